The number of likely N-dealkylation sites (N-methyl/N-ethyl adjacent to an activating group) is 1. The van der Waals surface area contributed by atoms with Gasteiger partial charge in [0.2, 0.25) is 0 Å². The molecule has 2 N–H and O–H groups in total. The molecule has 1 aliphatic rings. The van der Waals surface area contributed by atoms with Crippen molar-refractivity contribution in [3.05, 3.63) is 65.2 Å². The van der Waals surface area contributed by atoms with Gasteiger partial charge in [-0.1, -0.05) is 37.3 Å². The summed E-state index contributed by atoms with van der Waals surface area (Å²) in [5.74, 6) is 0.0931. The molecular weight excluding hydrogens is 369 g/mol. The van der Waals surface area contributed by atoms with E-state index in [1.165, 1.54) is 11.3 Å². The molecule has 2 aromatic carbocycles. The largest absolute Gasteiger partial charge is 0.372 e. The fourth-order valence-electron chi connectivity index (χ4n) is 3.38. The van der Waals surface area contributed by atoms with Crippen LogP contribution in [0.15, 0.2) is 48.5 Å². The molecule has 0 aromatic heterocycles. The highest BCUT2D eigenvalue weighted by atomic mass is 35.5. The van der Waals surface area contributed by atoms with E-state index in [0.717, 1.165) is 24.1 Å². The van der Waals surface area contributed by atoms with E-state index >= 15 is 0 Å². The highest BCUT2D eigenvalue weighted by Crippen LogP contribution is 2.28. The quantitative estimate of drug-likeness (QED) is 0.857. The number of halogens is 2. The summed E-state index contributed by atoms with van der Waals surface area (Å²) < 4.78 is 0. The first-order chi connectivity index (χ1) is 11.6. The normalized spacial score (nSPS) is 16.0. The molecule has 142 valence electrons. The first kappa shape index (κ1) is 22.3. The molecule has 1 aliphatic heterocycles. The second-order valence-corrected chi connectivity index (χ2v) is 6.41. The van der Waals surface area contributed by atoms with Gasteiger partial charge in [-0.25, -0.2) is 0 Å². The molecule has 4 nitrogen and oxygen atoms in total. The van der Waals surface area contributed by atoms with E-state index in [0.29, 0.717) is 13.1 Å². The third-order valence-electron chi connectivity index (χ3n) is 4.84. The van der Waals surface area contributed by atoms with E-state index in [4.69, 9.17) is 5.73 Å². The number of amides is 1. The Morgan fingerprint density at radius 1 is 1.12 bits per heavy atom. The van der Waals surface area contributed by atoms with E-state index < -0.39 is 0 Å². The van der Waals surface area contributed by atoms with Crippen LogP contribution in [0.2, 0.25) is 0 Å². The van der Waals surface area contributed by atoms with E-state index in [1.54, 1.807) is 0 Å². The number of anilines is 1. The maximum absolute atomic E-state index is 13.1. The molecule has 1 atom stereocenters. The van der Waals surface area contributed by atoms with Gasteiger partial charge in [0.15, 0.2) is 0 Å². The average molecular weight is 396 g/mol. The zero-order valence-corrected chi connectivity index (χ0v) is 16.9. The fourth-order valence-corrected chi connectivity index (χ4v) is 3.38. The lowest BCUT2D eigenvalue weighted by Crippen LogP contribution is -2.43. The van der Waals surface area contributed by atoms with Crippen LogP contribution in [-0.4, -0.2) is 30.4 Å². The van der Waals surface area contributed by atoms with E-state index in [1.807, 2.05) is 35.2 Å². The number of para-hydroxylation sites is 1. The van der Waals surface area contributed by atoms with Crippen LogP contribution in [0.25, 0.3) is 0 Å². The first-order valence-electron chi connectivity index (χ1n) is 8.53. The number of fused-ring (bicyclic) bond motifs is 1. The summed E-state index contributed by atoms with van der Waals surface area (Å²) >= 11 is 0. The molecule has 2 aromatic rings. The van der Waals surface area contributed by atoms with Crippen molar-refractivity contribution < 1.29 is 4.79 Å². The predicted octanol–water partition coefficient (Wildman–Crippen LogP) is 3.86. The Hall–Kier alpha value is -1.75. The van der Waals surface area contributed by atoms with Gasteiger partial charge in [0, 0.05) is 44.0 Å². The van der Waals surface area contributed by atoms with Gasteiger partial charge in [0.1, 0.15) is 0 Å². The summed E-state index contributed by atoms with van der Waals surface area (Å²) in [7, 11) is 2.10. The van der Waals surface area contributed by atoms with E-state index in [-0.39, 0.29) is 36.8 Å². The summed E-state index contributed by atoms with van der Waals surface area (Å²) in [5, 5.41) is 0. The van der Waals surface area contributed by atoms with Gasteiger partial charge in [-0.2, -0.15) is 0 Å². The van der Waals surface area contributed by atoms with Crippen LogP contribution in [0.1, 0.15) is 34.8 Å². The average Bonchev–Trinajstić information content (AvgIpc) is 2.78. The lowest BCUT2D eigenvalue weighted by molar-refractivity contribution is 0.0667. The molecule has 0 bridgehead atoms. The van der Waals surface area contributed by atoms with Gasteiger partial charge in [0.25, 0.3) is 5.91 Å². The standard InChI is InChI=1S/C20H25N3O.2ClH/c1-3-18-14-22(2)19-7-5-4-6-17(19)13-23(18)20(24)16-10-8-15(12-21)9-11-16;;/h4-11,18H,3,12-14,21H2,1-2H3;2*1H. The molecule has 3 rings (SSSR count). The number of hydrogen-bond donors (Lipinski definition) is 1. The molecule has 6 heteroatoms. The smallest absolute Gasteiger partial charge is 0.254 e. The predicted molar refractivity (Wildman–Crippen MR) is 112 cm³/mol. The zero-order valence-electron chi connectivity index (χ0n) is 15.2. The van der Waals surface area contributed by atoms with Gasteiger partial charge >= 0.3 is 0 Å². The number of carbonyl (C=O) groups excluding carboxylic acids is 1. The Balaban J connectivity index is 0.00000169. The highest BCUT2D eigenvalue weighted by molar-refractivity contribution is 5.94. The summed E-state index contributed by atoms with van der Waals surface area (Å²) in [4.78, 5) is 17.4. The number of nitrogens with two attached hydrogens (primary N) is 1. The third kappa shape index (κ3) is 4.50. The molecule has 0 saturated heterocycles. The minimum atomic E-state index is 0. The van der Waals surface area contributed by atoms with Crippen molar-refractivity contribution in [3.63, 3.8) is 0 Å². The SMILES string of the molecule is CCC1CN(C)c2ccccc2CN1C(=O)c1ccc(CN)cc1.Cl.Cl. The molecule has 1 amide bonds. The maximum Gasteiger partial charge on any atom is 0.254 e. The van der Waals surface area contributed by atoms with Crippen LogP contribution in [0.3, 0.4) is 0 Å². The molecule has 0 spiro atoms. The van der Waals surface area contributed by atoms with Crippen molar-refractivity contribution in [1.29, 1.82) is 0 Å². The van der Waals surface area contributed by atoms with Crippen LogP contribution in [0.5, 0.6) is 0 Å². The van der Waals surface area contributed by atoms with Crippen LogP contribution in [0.4, 0.5) is 5.69 Å². The van der Waals surface area contributed by atoms with Crippen LogP contribution < -0.4 is 10.6 Å². The third-order valence-corrected chi connectivity index (χ3v) is 4.84. The van der Waals surface area contributed by atoms with E-state index in [2.05, 4.69) is 37.1 Å². The van der Waals surface area contributed by atoms with Crippen molar-refractivity contribution in [1.82, 2.24) is 4.90 Å². The summed E-state index contributed by atoms with van der Waals surface area (Å²) in [6.07, 6.45) is 0.935. The van der Waals surface area contributed by atoms with E-state index in [9.17, 15) is 4.79 Å². The van der Waals surface area contributed by atoms with Gasteiger partial charge < -0.3 is 15.5 Å². The summed E-state index contributed by atoms with van der Waals surface area (Å²) in [6, 6.07) is 16.2. The van der Waals surface area contributed by atoms with Crippen molar-refractivity contribution in [2.75, 3.05) is 18.5 Å². The topological polar surface area (TPSA) is 49.6 Å². The Labute approximate surface area is 168 Å². The molecule has 0 radical (unpaired) electrons. The number of nitrogens with zero attached hydrogens (tertiary/aromatic N) is 2. The number of carbonyl (C=O) groups is 1. The van der Waals surface area contributed by atoms with Gasteiger partial charge in [-0.05, 0) is 35.7 Å². The lowest BCUT2D eigenvalue weighted by Gasteiger charge is -2.30. The number of hydrogen-bond acceptors (Lipinski definition) is 3. The molecule has 0 aliphatic carbocycles. The maximum atomic E-state index is 13.1. The Kier molecular flexibility index (Phi) is 8.41. The van der Waals surface area contributed by atoms with Gasteiger partial charge in [-0.3, -0.25) is 4.79 Å². The minimum absolute atomic E-state index is 0. The second kappa shape index (κ2) is 9.81. The van der Waals surface area contributed by atoms with Crippen molar-refractivity contribution >= 4 is 36.4 Å². The lowest BCUT2D eigenvalue weighted by atomic mass is 10.1. The fraction of sp³-hybridized carbons (Fsp3) is 0.350. The van der Waals surface area contributed by atoms with Gasteiger partial charge in [0.05, 0.1) is 0 Å². The zero-order chi connectivity index (χ0) is 17.1. The van der Waals surface area contributed by atoms with Crippen molar-refractivity contribution in [2.45, 2.75) is 32.5 Å². The summed E-state index contributed by atoms with van der Waals surface area (Å²) in [6.45, 7) is 4.14. The summed E-state index contributed by atoms with van der Waals surface area (Å²) in [5.41, 5.74) is 9.83. The molecular formula is C20H27Cl2N3O. The Bertz CT molecular complexity index is 721. The number of benzene rings is 2. The van der Waals surface area contributed by atoms with Gasteiger partial charge in [-0.15, -0.1) is 24.8 Å². The molecule has 0 saturated carbocycles. The molecule has 26 heavy (non-hydrogen) atoms. The van der Waals surface area contributed by atoms with Crippen molar-refractivity contribution in [3.8, 4) is 0 Å². The first-order valence-corrected chi connectivity index (χ1v) is 8.53. The van der Waals surface area contributed by atoms with Crippen molar-refractivity contribution in [2.24, 2.45) is 5.73 Å². The highest BCUT2D eigenvalue weighted by Gasteiger charge is 2.29. The Morgan fingerprint density at radius 3 is 2.38 bits per heavy atom. The molecule has 1 heterocycles. The molecule has 1 unspecified atom stereocenters. The van der Waals surface area contributed by atoms with Crippen LogP contribution in [-0.2, 0) is 13.1 Å². The number of rotatable bonds is 3. The minimum Gasteiger partial charge on any atom is -0.372 e. The Morgan fingerprint density at radius 2 is 1.77 bits per heavy atom. The second-order valence-electron chi connectivity index (χ2n) is 6.41. The monoisotopic (exact) mass is 395 g/mol. The van der Waals surface area contributed by atoms with Crippen LogP contribution in [0, 0.1) is 0 Å². The van der Waals surface area contributed by atoms with Crippen LogP contribution >= 0.6 is 24.8 Å². The molecule has 0 fully saturated rings.